The van der Waals surface area contributed by atoms with Crippen LogP contribution in [-0.2, 0) is 11.2 Å². The molecular weight excluding hydrogens is 320 g/mol. The zero-order valence-corrected chi connectivity index (χ0v) is 14.0. The van der Waals surface area contributed by atoms with E-state index in [4.69, 9.17) is 9.47 Å². The number of fused-ring (bicyclic) bond motifs is 1. The van der Waals surface area contributed by atoms with Crippen LogP contribution in [0, 0.1) is 0 Å². The Morgan fingerprint density at radius 1 is 1.24 bits per heavy atom. The van der Waals surface area contributed by atoms with Gasteiger partial charge in [0.25, 0.3) is 0 Å². The average molecular weight is 340 g/mol. The molecule has 1 amide bonds. The number of rotatable bonds is 5. The van der Waals surface area contributed by atoms with Crippen molar-refractivity contribution in [2.45, 2.75) is 18.6 Å². The van der Waals surface area contributed by atoms with Crippen molar-refractivity contribution in [3.05, 3.63) is 48.4 Å². The Bertz CT molecular complexity index is 738. The highest BCUT2D eigenvalue weighted by molar-refractivity contribution is 5.71. The number of carbonyl (C=O) groups excluding carboxylic acids is 1. The fourth-order valence-corrected chi connectivity index (χ4v) is 3.44. The fraction of sp³-hybridized carbons (Fsp3) is 0.389. The summed E-state index contributed by atoms with van der Waals surface area (Å²) >= 11 is 0. The molecule has 0 spiro atoms. The van der Waals surface area contributed by atoms with Crippen LogP contribution in [0.4, 0.5) is 10.6 Å². The number of nitrogens with zero attached hydrogens (tertiary/aromatic N) is 4. The van der Waals surface area contributed by atoms with E-state index in [1.165, 1.54) is 5.56 Å². The molecule has 0 radical (unpaired) electrons. The van der Waals surface area contributed by atoms with Crippen LogP contribution in [-0.4, -0.2) is 59.9 Å². The van der Waals surface area contributed by atoms with Crippen LogP contribution in [0.3, 0.4) is 0 Å². The van der Waals surface area contributed by atoms with E-state index in [1.54, 1.807) is 25.7 Å². The zero-order valence-electron chi connectivity index (χ0n) is 14.0. The van der Waals surface area contributed by atoms with Gasteiger partial charge in [0.15, 0.2) is 0 Å². The van der Waals surface area contributed by atoms with E-state index in [-0.39, 0.29) is 18.2 Å². The van der Waals surface area contributed by atoms with Gasteiger partial charge in [-0.3, -0.25) is 9.88 Å². The van der Waals surface area contributed by atoms with Gasteiger partial charge >= 0.3 is 6.09 Å². The van der Waals surface area contributed by atoms with Gasteiger partial charge in [0.1, 0.15) is 17.7 Å². The van der Waals surface area contributed by atoms with Gasteiger partial charge in [-0.25, -0.2) is 9.78 Å². The van der Waals surface area contributed by atoms with Crippen LogP contribution in [0.15, 0.2) is 42.9 Å². The number of anilines is 1. The van der Waals surface area contributed by atoms with Gasteiger partial charge in [0.2, 0.25) is 0 Å². The second-order valence-electron chi connectivity index (χ2n) is 6.25. The molecule has 1 aromatic carbocycles. The molecular formula is C18H20N4O3. The number of carbonyl (C=O) groups is 1. The van der Waals surface area contributed by atoms with E-state index < -0.39 is 0 Å². The van der Waals surface area contributed by atoms with Crippen molar-refractivity contribution >= 4 is 11.9 Å². The number of methoxy groups -OCH3 is 1. The lowest BCUT2D eigenvalue weighted by Gasteiger charge is -2.22. The maximum Gasteiger partial charge on any atom is 0.410 e. The van der Waals surface area contributed by atoms with Gasteiger partial charge in [-0.1, -0.05) is 12.1 Å². The SMILES string of the molecule is COc1ccc(CCN2C(=O)O[C@@H]3CN(c4cnccn4)C[C@@H]32)cc1. The van der Waals surface area contributed by atoms with Crippen molar-refractivity contribution in [1.82, 2.24) is 14.9 Å². The first-order valence-electron chi connectivity index (χ1n) is 8.36. The fourth-order valence-electron chi connectivity index (χ4n) is 3.44. The van der Waals surface area contributed by atoms with Crippen molar-refractivity contribution < 1.29 is 14.3 Å². The molecule has 2 aromatic rings. The molecule has 0 unspecified atom stereocenters. The minimum atomic E-state index is -0.220. The van der Waals surface area contributed by atoms with Gasteiger partial charge in [-0.15, -0.1) is 0 Å². The first-order valence-corrected chi connectivity index (χ1v) is 8.36. The van der Waals surface area contributed by atoms with Gasteiger partial charge in [-0.05, 0) is 24.1 Å². The molecule has 1 aromatic heterocycles. The Morgan fingerprint density at radius 3 is 2.80 bits per heavy atom. The lowest BCUT2D eigenvalue weighted by atomic mass is 10.1. The van der Waals surface area contributed by atoms with Crippen molar-refractivity contribution in [3.8, 4) is 5.75 Å². The third-order valence-corrected chi connectivity index (χ3v) is 4.80. The highest BCUT2D eigenvalue weighted by Gasteiger charge is 2.47. The first-order chi connectivity index (χ1) is 12.2. The highest BCUT2D eigenvalue weighted by atomic mass is 16.6. The molecule has 2 atom stereocenters. The second-order valence-corrected chi connectivity index (χ2v) is 6.25. The van der Waals surface area contributed by atoms with E-state index in [0.717, 1.165) is 24.5 Å². The number of amides is 1. The topological polar surface area (TPSA) is 67.8 Å². The van der Waals surface area contributed by atoms with Crippen molar-refractivity contribution in [2.75, 3.05) is 31.6 Å². The Morgan fingerprint density at radius 2 is 2.08 bits per heavy atom. The Labute approximate surface area is 146 Å². The molecule has 2 fully saturated rings. The predicted molar refractivity (Wildman–Crippen MR) is 91.7 cm³/mol. The van der Waals surface area contributed by atoms with Crippen LogP contribution >= 0.6 is 0 Å². The van der Waals surface area contributed by atoms with Crippen LogP contribution in [0.25, 0.3) is 0 Å². The molecule has 2 saturated heterocycles. The minimum Gasteiger partial charge on any atom is -0.497 e. The van der Waals surface area contributed by atoms with E-state index in [9.17, 15) is 4.79 Å². The van der Waals surface area contributed by atoms with Gasteiger partial charge in [0.05, 0.1) is 25.9 Å². The number of benzene rings is 1. The largest absolute Gasteiger partial charge is 0.497 e. The summed E-state index contributed by atoms with van der Waals surface area (Å²) in [5.74, 6) is 1.66. The lowest BCUT2D eigenvalue weighted by molar-refractivity contribution is 0.136. The molecule has 0 N–H and O–H groups in total. The Balaban J connectivity index is 1.40. The molecule has 25 heavy (non-hydrogen) atoms. The summed E-state index contributed by atoms with van der Waals surface area (Å²) in [4.78, 5) is 24.6. The van der Waals surface area contributed by atoms with E-state index >= 15 is 0 Å². The normalized spacial score (nSPS) is 22.0. The molecule has 0 saturated carbocycles. The van der Waals surface area contributed by atoms with Crippen molar-refractivity contribution in [3.63, 3.8) is 0 Å². The Hall–Kier alpha value is -2.83. The van der Waals surface area contributed by atoms with Gasteiger partial charge < -0.3 is 14.4 Å². The molecule has 7 heteroatoms. The molecule has 130 valence electrons. The van der Waals surface area contributed by atoms with Crippen LogP contribution < -0.4 is 9.64 Å². The number of hydrogen-bond acceptors (Lipinski definition) is 6. The van der Waals surface area contributed by atoms with E-state index in [2.05, 4.69) is 14.9 Å². The van der Waals surface area contributed by atoms with E-state index in [0.29, 0.717) is 13.1 Å². The standard InChI is InChI=1S/C18H20N4O3/c1-24-14-4-2-13(3-5-14)6-9-22-15-11-21(12-16(15)25-18(22)23)17-10-19-7-8-20-17/h2-5,7-8,10,15-16H,6,9,11-12H2,1H3/t15-,16+/m0/s1. The second kappa shape index (κ2) is 6.58. The summed E-state index contributed by atoms with van der Waals surface area (Å²) in [5, 5.41) is 0. The maximum atomic E-state index is 12.2. The molecule has 7 nitrogen and oxygen atoms in total. The molecule has 4 rings (SSSR count). The quantitative estimate of drug-likeness (QED) is 0.826. The van der Waals surface area contributed by atoms with Gasteiger partial charge in [0, 0.05) is 25.5 Å². The summed E-state index contributed by atoms with van der Waals surface area (Å²) in [5.41, 5.74) is 1.17. The third-order valence-electron chi connectivity index (χ3n) is 4.80. The number of hydrogen-bond donors (Lipinski definition) is 0. The maximum absolute atomic E-state index is 12.2. The molecule has 0 bridgehead atoms. The van der Waals surface area contributed by atoms with Crippen molar-refractivity contribution in [1.29, 1.82) is 0 Å². The number of ether oxygens (including phenoxy) is 2. The highest BCUT2D eigenvalue weighted by Crippen LogP contribution is 2.29. The summed E-state index contributed by atoms with van der Waals surface area (Å²) in [6.07, 6.45) is 5.53. The first kappa shape index (κ1) is 15.7. The molecule has 3 heterocycles. The molecule has 0 aliphatic carbocycles. The predicted octanol–water partition coefficient (Wildman–Crippen LogP) is 1.74. The van der Waals surface area contributed by atoms with Crippen LogP contribution in [0.5, 0.6) is 5.75 Å². The molecule has 2 aliphatic rings. The monoisotopic (exact) mass is 340 g/mol. The van der Waals surface area contributed by atoms with Crippen molar-refractivity contribution in [2.24, 2.45) is 0 Å². The zero-order chi connectivity index (χ0) is 17.2. The van der Waals surface area contributed by atoms with Crippen LogP contribution in [0.2, 0.25) is 0 Å². The minimum absolute atomic E-state index is 0.0627. The van der Waals surface area contributed by atoms with Gasteiger partial charge in [-0.2, -0.15) is 0 Å². The summed E-state index contributed by atoms with van der Waals surface area (Å²) < 4.78 is 10.7. The number of aromatic nitrogens is 2. The van der Waals surface area contributed by atoms with E-state index in [1.807, 2.05) is 29.2 Å². The summed E-state index contributed by atoms with van der Waals surface area (Å²) in [7, 11) is 1.65. The average Bonchev–Trinajstić information content (AvgIpc) is 3.18. The smallest absolute Gasteiger partial charge is 0.410 e. The third kappa shape index (κ3) is 3.09. The van der Waals surface area contributed by atoms with Crippen LogP contribution in [0.1, 0.15) is 5.56 Å². The Kier molecular flexibility index (Phi) is 4.13. The molecule has 2 aliphatic heterocycles. The summed E-state index contributed by atoms with van der Waals surface area (Å²) in [6.45, 7) is 2.02. The lowest BCUT2D eigenvalue weighted by Crippen LogP contribution is -2.39. The summed E-state index contributed by atoms with van der Waals surface area (Å²) in [6, 6.07) is 7.99.